The molecule has 0 radical (unpaired) electrons. The summed E-state index contributed by atoms with van der Waals surface area (Å²) in [6.07, 6.45) is -0.416. The van der Waals surface area contributed by atoms with E-state index >= 15 is 0 Å². The molecule has 1 heterocycles. The highest BCUT2D eigenvalue weighted by atomic mass is 32.2. The van der Waals surface area contributed by atoms with Crippen LogP contribution in [0.3, 0.4) is 0 Å². The summed E-state index contributed by atoms with van der Waals surface area (Å²) in [5.74, 6) is -0.468. The van der Waals surface area contributed by atoms with Crippen molar-refractivity contribution in [2.75, 3.05) is 20.3 Å². The third-order valence-electron chi connectivity index (χ3n) is 3.93. The van der Waals surface area contributed by atoms with Crippen molar-refractivity contribution >= 4 is 29.4 Å². The van der Waals surface area contributed by atoms with Gasteiger partial charge in [-0.15, -0.1) is 0 Å². The molecule has 1 aliphatic rings. The number of carbonyl (C=O) groups is 2. The summed E-state index contributed by atoms with van der Waals surface area (Å²) in [6.45, 7) is 13.7. The normalized spacial score (nSPS) is 22.8. The third-order valence-corrected chi connectivity index (χ3v) is 5.09. The molecule has 0 unspecified atom stereocenters. The van der Waals surface area contributed by atoms with Crippen molar-refractivity contribution in [2.45, 2.75) is 76.9 Å². The van der Waals surface area contributed by atoms with Gasteiger partial charge in [0.2, 0.25) is 0 Å². The van der Waals surface area contributed by atoms with Crippen LogP contribution in [0.4, 0.5) is 4.79 Å². The third kappa shape index (κ3) is 5.87. The van der Waals surface area contributed by atoms with Crippen molar-refractivity contribution in [2.24, 2.45) is 4.99 Å². The van der Waals surface area contributed by atoms with Crippen LogP contribution in [0.5, 0.6) is 0 Å². The zero-order valence-corrected chi connectivity index (χ0v) is 17.9. The van der Waals surface area contributed by atoms with Crippen molar-refractivity contribution < 1.29 is 23.8 Å². The van der Waals surface area contributed by atoms with E-state index < -0.39 is 28.5 Å². The minimum atomic E-state index is -0.838. The lowest BCUT2D eigenvalue weighted by Gasteiger charge is -2.35. The number of thioether (sulfide) groups is 1. The first-order valence-electron chi connectivity index (χ1n) is 8.80. The lowest BCUT2D eigenvalue weighted by atomic mass is 10.0. The van der Waals surface area contributed by atoms with E-state index in [-0.39, 0.29) is 25.3 Å². The Balaban J connectivity index is 2.96. The lowest BCUT2D eigenvalue weighted by molar-refractivity contribution is -0.144. The number of amides is 1. The molecule has 8 heteroatoms. The molecule has 0 N–H and O–H groups in total. The van der Waals surface area contributed by atoms with Gasteiger partial charge in [-0.2, -0.15) is 0 Å². The Bertz CT molecular complexity index is 522. The molecule has 0 aromatic heterocycles. The standard InChI is InChI=1S/C18H32N2O5S/c1-12(2)20(13(3)4)16(22)24-9-18(10-25-17(5,6)7)14(15(21)23-8)19-11-26-18/h11-14H,9-10H2,1-8H3/t14-,18-/m1/s1. The van der Waals surface area contributed by atoms with E-state index in [0.29, 0.717) is 0 Å². The number of rotatable bonds is 7. The molecule has 0 fully saturated rings. The minimum Gasteiger partial charge on any atom is -0.467 e. The monoisotopic (exact) mass is 388 g/mol. The smallest absolute Gasteiger partial charge is 0.410 e. The molecule has 0 aromatic carbocycles. The van der Waals surface area contributed by atoms with Gasteiger partial charge in [-0.3, -0.25) is 4.99 Å². The number of nitrogens with zero attached hydrogens (tertiary/aromatic N) is 2. The van der Waals surface area contributed by atoms with E-state index in [1.807, 2.05) is 48.5 Å². The summed E-state index contributed by atoms with van der Waals surface area (Å²) in [7, 11) is 1.32. The molecule has 0 saturated heterocycles. The molecular formula is C18H32N2O5S. The molecule has 1 aliphatic heterocycles. The number of hydrogen-bond acceptors (Lipinski definition) is 7. The van der Waals surface area contributed by atoms with Crippen molar-refractivity contribution in [1.82, 2.24) is 4.90 Å². The quantitative estimate of drug-likeness (QED) is 0.624. The summed E-state index contributed by atoms with van der Waals surface area (Å²) in [5.41, 5.74) is 1.20. The largest absolute Gasteiger partial charge is 0.467 e. The van der Waals surface area contributed by atoms with Crippen LogP contribution in [-0.2, 0) is 19.0 Å². The molecule has 150 valence electrons. The molecule has 7 nitrogen and oxygen atoms in total. The highest BCUT2D eigenvalue weighted by Crippen LogP contribution is 2.37. The van der Waals surface area contributed by atoms with E-state index in [2.05, 4.69) is 4.99 Å². The molecule has 2 atom stereocenters. The summed E-state index contributed by atoms with van der Waals surface area (Å²) in [4.78, 5) is 30.7. The Kier molecular flexibility index (Phi) is 7.95. The Morgan fingerprint density at radius 3 is 2.23 bits per heavy atom. The van der Waals surface area contributed by atoms with Gasteiger partial charge in [0.15, 0.2) is 6.04 Å². The Hall–Kier alpha value is -1.28. The lowest BCUT2D eigenvalue weighted by Crippen LogP contribution is -2.52. The van der Waals surface area contributed by atoms with Crippen LogP contribution in [0.25, 0.3) is 0 Å². The number of esters is 1. The van der Waals surface area contributed by atoms with Crippen LogP contribution in [0, 0.1) is 0 Å². The van der Waals surface area contributed by atoms with Gasteiger partial charge in [0.25, 0.3) is 0 Å². The second-order valence-electron chi connectivity index (χ2n) is 7.91. The van der Waals surface area contributed by atoms with Gasteiger partial charge in [-0.05, 0) is 48.5 Å². The Morgan fingerprint density at radius 1 is 1.19 bits per heavy atom. The van der Waals surface area contributed by atoms with E-state index in [9.17, 15) is 9.59 Å². The molecule has 0 aromatic rings. The summed E-state index contributed by atoms with van der Waals surface area (Å²) < 4.78 is 15.6. The van der Waals surface area contributed by atoms with Crippen molar-refractivity contribution in [3.63, 3.8) is 0 Å². The zero-order valence-electron chi connectivity index (χ0n) is 17.1. The fourth-order valence-corrected chi connectivity index (χ4v) is 3.60. The molecular weight excluding hydrogens is 356 g/mol. The van der Waals surface area contributed by atoms with Crippen molar-refractivity contribution in [3.8, 4) is 0 Å². The van der Waals surface area contributed by atoms with Crippen LogP contribution < -0.4 is 0 Å². The maximum atomic E-state index is 12.6. The first-order chi connectivity index (χ1) is 11.9. The topological polar surface area (TPSA) is 77.4 Å². The van der Waals surface area contributed by atoms with Crippen LogP contribution in [0.1, 0.15) is 48.5 Å². The van der Waals surface area contributed by atoms with E-state index in [0.717, 1.165) is 0 Å². The number of ether oxygens (including phenoxy) is 3. The summed E-state index contributed by atoms with van der Waals surface area (Å²) in [6, 6.07) is -0.763. The average Bonchev–Trinajstić information content (AvgIpc) is 2.93. The van der Waals surface area contributed by atoms with Gasteiger partial charge in [-0.25, -0.2) is 9.59 Å². The second kappa shape index (κ2) is 9.08. The molecule has 26 heavy (non-hydrogen) atoms. The van der Waals surface area contributed by atoms with E-state index in [4.69, 9.17) is 14.2 Å². The molecule has 0 bridgehead atoms. The number of carbonyl (C=O) groups excluding carboxylic acids is 2. The first-order valence-corrected chi connectivity index (χ1v) is 9.68. The number of aliphatic imine (C=N–C) groups is 1. The van der Waals surface area contributed by atoms with E-state index in [1.54, 1.807) is 10.4 Å². The summed E-state index contributed by atoms with van der Waals surface area (Å²) >= 11 is 1.34. The van der Waals surface area contributed by atoms with Gasteiger partial charge in [-0.1, -0.05) is 11.8 Å². The molecule has 0 aliphatic carbocycles. The van der Waals surface area contributed by atoms with Crippen LogP contribution in [0.2, 0.25) is 0 Å². The SMILES string of the molecule is COC(=O)[C@H]1N=CS[C@]1(COC(=O)N(C(C)C)C(C)C)COC(C)(C)C. The van der Waals surface area contributed by atoms with Gasteiger partial charge >= 0.3 is 12.1 Å². The number of hydrogen-bond donors (Lipinski definition) is 0. The highest BCUT2D eigenvalue weighted by molar-refractivity contribution is 8.13. The molecule has 0 saturated carbocycles. The van der Waals surface area contributed by atoms with Crippen LogP contribution >= 0.6 is 11.8 Å². The Labute approximate surface area is 160 Å². The predicted molar refractivity (Wildman–Crippen MR) is 104 cm³/mol. The van der Waals surface area contributed by atoms with Gasteiger partial charge in [0.1, 0.15) is 11.4 Å². The van der Waals surface area contributed by atoms with Crippen LogP contribution in [-0.4, -0.2) is 71.3 Å². The van der Waals surface area contributed by atoms with Crippen molar-refractivity contribution in [1.29, 1.82) is 0 Å². The molecule has 0 spiro atoms. The fourth-order valence-electron chi connectivity index (χ4n) is 2.67. The number of methoxy groups -OCH3 is 1. The first kappa shape index (κ1) is 22.8. The maximum Gasteiger partial charge on any atom is 0.410 e. The predicted octanol–water partition coefficient (Wildman–Crippen LogP) is 3.11. The van der Waals surface area contributed by atoms with E-state index in [1.165, 1.54) is 18.9 Å². The van der Waals surface area contributed by atoms with Crippen LogP contribution in [0.15, 0.2) is 4.99 Å². The molecule has 1 amide bonds. The Morgan fingerprint density at radius 2 is 1.77 bits per heavy atom. The van der Waals surface area contributed by atoms with Gasteiger partial charge < -0.3 is 19.1 Å². The zero-order chi connectivity index (χ0) is 20.1. The highest BCUT2D eigenvalue weighted by Gasteiger charge is 2.50. The van der Waals surface area contributed by atoms with Gasteiger partial charge in [0.05, 0.1) is 24.9 Å². The second-order valence-corrected chi connectivity index (χ2v) is 9.17. The fraction of sp³-hybridized carbons (Fsp3) is 0.833. The average molecular weight is 389 g/mol. The minimum absolute atomic E-state index is 0.00227. The molecule has 1 rings (SSSR count). The summed E-state index contributed by atoms with van der Waals surface area (Å²) in [5, 5.41) is 0. The van der Waals surface area contributed by atoms with Crippen molar-refractivity contribution in [3.05, 3.63) is 0 Å². The maximum absolute atomic E-state index is 12.6. The van der Waals surface area contributed by atoms with Gasteiger partial charge in [0, 0.05) is 12.1 Å².